The fourth-order valence-electron chi connectivity index (χ4n) is 2.00. The zero-order valence-corrected chi connectivity index (χ0v) is 9.33. The van der Waals surface area contributed by atoms with E-state index in [1.807, 2.05) is 0 Å². The highest BCUT2D eigenvalue weighted by molar-refractivity contribution is 5.43. The Morgan fingerprint density at radius 3 is 3.18 bits per heavy atom. The topological polar surface area (TPSA) is 76.7 Å². The Bertz CT molecular complexity index is 478. The first kappa shape index (κ1) is 10.3. The molecule has 0 bridgehead atoms. The fraction of sp³-hybridized carbons (Fsp3) is 0.455. The van der Waals surface area contributed by atoms with Crippen molar-refractivity contribution in [3.05, 3.63) is 24.4 Å². The van der Waals surface area contributed by atoms with Crippen LogP contribution in [-0.4, -0.2) is 32.7 Å². The summed E-state index contributed by atoms with van der Waals surface area (Å²) in [7, 11) is 0. The van der Waals surface area contributed by atoms with Crippen LogP contribution in [0.1, 0.15) is 18.7 Å². The highest BCUT2D eigenvalue weighted by Crippen LogP contribution is 2.15. The molecular weight excluding hydrogens is 218 g/mol. The van der Waals surface area contributed by atoms with E-state index in [0.717, 1.165) is 18.8 Å². The van der Waals surface area contributed by atoms with Crippen LogP contribution in [0.4, 0.5) is 0 Å². The van der Waals surface area contributed by atoms with E-state index in [2.05, 4.69) is 25.4 Å². The average Bonchev–Trinajstić information content (AvgIpc) is 3.02. The third-order valence-electron chi connectivity index (χ3n) is 2.84. The van der Waals surface area contributed by atoms with Gasteiger partial charge < -0.3 is 9.84 Å². The molecule has 0 amide bonds. The van der Waals surface area contributed by atoms with Gasteiger partial charge in [-0.05, 0) is 19.4 Å². The van der Waals surface area contributed by atoms with Gasteiger partial charge in [0.1, 0.15) is 5.69 Å². The third-order valence-corrected chi connectivity index (χ3v) is 2.84. The molecule has 3 rings (SSSR count). The smallest absolute Gasteiger partial charge is 0.278 e. The lowest BCUT2D eigenvalue weighted by Crippen LogP contribution is -2.24. The first-order valence-corrected chi connectivity index (χ1v) is 5.74. The maximum Gasteiger partial charge on any atom is 0.278 e. The third kappa shape index (κ3) is 2.31. The summed E-state index contributed by atoms with van der Waals surface area (Å²) in [4.78, 5) is 12.4. The number of hydrogen-bond acceptors (Lipinski definition) is 6. The van der Waals surface area contributed by atoms with Gasteiger partial charge in [0.05, 0.1) is 6.20 Å². The summed E-state index contributed by atoms with van der Waals surface area (Å²) in [5.74, 6) is 1.16. The van der Waals surface area contributed by atoms with Crippen LogP contribution in [0.15, 0.2) is 23.1 Å². The number of aromatic nitrogens is 4. The molecule has 6 nitrogen and oxygen atoms in total. The summed E-state index contributed by atoms with van der Waals surface area (Å²) in [6.45, 7) is 1.08. The van der Waals surface area contributed by atoms with E-state index in [1.165, 1.54) is 12.8 Å². The normalized spacial score (nSPS) is 19.6. The molecule has 2 aromatic rings. The van der Waals surface area contributed by atoms with E-state index < -0.39 is 0 Å². The molecule has 1 unspecified atom stereocenters. The number of hydrogen-bond donors (Lipinski definition) is 1. The van der Waals surface area contributed by atoms with Gasteiger partial charge in [-0.1, -0.05) is 5.16 Å². The van der Waals surface area contributed by atoms with Crippen LogP contribution in [0.5, 0.6) is 0 Å². The molecule has 0 aliphatic carbocycles. The molecule has 2 aromatic heterocycles. The number of rotatable bonds is 3. The molecule has 1 aliphatic heterocycles. The van der Waals surface area contributed by atoms with Crippen LogP contribution in [0.3, 0.4) is 0 Å². The molecule has 0 radical (unpaired) electrons. The van der Waals surface area contributed by atoms with Gasteiger partial charge >= 0.3 is 0 Å². The van der Waals surface area contributed by atoms with E-state index in [4.69, 9.17) is 4.52 Å². The summed E-state index contributed by atoms with van der Waals surface area (Å²) in [5.41, 5.74) is 0.616. The zero-order valence-electron chi connectivity index (χ0n) is 9.33. The van der Waals surface area contributed by atoms with Crippen molar-refractivity contribution < 1.29 is 4.52 Å². The van der Waals surface area contributed by atoms with Crippen LogP contribution in [0, 0.1) is 0 Å². The Hall–Kier alpha value is -1.82. The van der Waals surface area contributed by atoms with E-state index in [0.29, 0.717) is 17.6 Å². The molecule has 17 heavy (non-hydrogen) atoms. The minimum absolute atomic E-state index is 0.436. The molecule has 1 fully saturated rings. The monoisotopic (exact) mass is 231 g/mol. The molecule has 0 saturated carbocycles. The predicted molar refractivity (Wildman–Crippen MR) is 60.1 cm³/mol. The fourth-order valence-corrected chi connectivity index (χ4v) is 2.00. The van der Waals surface area contributed by atoms with Gasteiger partial charge in [-0.25, -0.2) is 4.98 Å². The quantitative estimate of drug-likeness (QED) is 0.842. The first-order valence-electron chi connectivity index (χ1n) is 5.74. The second-order valence-electron chi connectivity index (χ2n) is 4.10. The highest BCUT2D eigenvalue weighted by Gasteiger charge is 2.18. The second kappa shape index (κ2) is 4.58. The molecule has 0 spiro atoms. The summed E-state index contributed by atoms with van der Waals surface area (Å²) in [5, 5.41) is 7.37. The van der Waals surface area contributed by atoms with Crippen molar-refractivity contribution >= 4 is 0 Å². The van der Waals surface area contributed by atoms with Gasteiger partial charge in [0.2, 0.25) is 0 Å². The summed E-state index contributed by atoms with van der Waals surface area (Å²) in [6, 6.07) is 0.474. The van der Waals surface area contributed by atoms with Crippen LogP contribution >= 0.6 is 0 Å². The SMILES string of the molecule is c1cnc(-c2nc(CC3CCCN3)no2)cn1. The van der Waals surface area contributed by atoms with Gasteiger partial charge in [0.25, 0.3) is 5.89 Å². The molecule has 88 valence electrons. The van der Waals surface area contributed by atoms with Gasteiger partial charge in [-0.3, -0.25) is 4.98 Å². The Kier molecular flexibility index (Phi) is 2.79. The van der Waals surface area contributed by atoms with Crippen molar-refractivity contribution in [2.75, 3.05) is 6.54 Å². The van der Waals surface area contributed by atoms with Crippen LogP contribution in [0.25, 0.3) is 11.6 Å². The second-order valence-corrected chi connectivity index (χ2v) is 4.10. The van der Waals surface area contributed by atoms with E-state index in [-0.39, 0.29) is 0 Å². The van der Waals surface area contributed by atoms with Crippen molar-refractivity contribution in [1.29, 1.82) is 0 Å². The molecular formula is C11H13N5O. The Balaban J connectivity index is 1.74. The number of nitrogens with zero attached hydrogens (tertiary/aromatic N) is 4. The Morgan fingerprint density at radius 1 is 1.41 bits per heavy atom. The maximum atomic E-state index is 5.17. The van der Waals surface area contributed by atoms with Gasteiger partial charge in [0, 0.05) is 24.9 Å². The molecule has 1 N–H and O–H groups in total. The predicted octanol–water partition coefficient (Wildman–Crippen LogP) is 0.821. The number of nitrogens with one attached hydrogen (secondary N) is 1. The van der Waals surface area contributed by atoms with Gasteiger partial charge in [-0.15, -0.1) is 0 Å². The van der Waals surface area contributed by atoms with Gasteiger partial charge in [-0.2, -0.15) is 4.98 Å². The van der Waals surface area contributed by atoms with Crippen LogP contribution in [-0.2, 0) is 6.42 Å². The van der Waals surface area contributed by atoms with Crippen molar-refractivity contribution in [2.45, 2.75) is 25.3 Å². The van der Waals surface area contributed by atoms with E-state index >= 15 is 0 Å². The largest absolute Gasteiger partial charge is 0.332 e. The lowest BCUT2D eigenvalue weighted by atomic mass is 10.1. The minimum Gasteiger partial charge on any atom is -0.332 e. The van der Waals surface area contributed by atoms with Crippen molar-refractivity contribution in [1.82, 2.24) is 25.4 Å². The summed E-state index contributed by atoms with van der Waals surface area (Å²) in [6.07, 6.45) is 8.05. The van der Waals surface area contributed by atoms with E-state index in [1.54, 1.807) is 18.6 Å². The Morgan fingerprint density at radius 2 is 2.41 bits per heavy atom. The first-order chi connectivity index (χ1) is 8.42. The highest BCUT2D eigenvalue weighted by atomic mass is 16.5. The maximum absolute atomic E-state index is 5.17. The Labute approximate surface area is 98.5 Å². The minimum atomic E-state index is 0.436. The molecule has 1 aliphatic rings. The lowest BCUT2D eigenvalue weighted by molar-refractivity contribution is 0.416. The van der Waals surface area contributed by atoms with Gasteiger partial charge in [0.15, 0.2) is 5.82 Å². The van der Waals surface area contributed by atoms with Crippen molar-refractivity contribution in [2.24, 2.45) is 0 Å². The van der Waals surface area contributed by atoms with Crippen molar-refractivity contribution in [3.8, 4) is 11.6 Å². The molecule has 1 saturated heterocycles. The molecule has 0 aromatic carbocycles. The van der Waals surface area contributed by atoms with Crippen molar-refractivity contribution in [3.63, 3.8) is 0 Å². The van der Waals surface area contributed by atoms with E-state index in [9.17, 15) is 0 Å². The molecule has 1 atom stereocenters. The standard InChI is InChI=1S/C11H13N5O/c1-2-8(13-3-1)6-10-15-11(17-16-10)9-7-12-4-5-14-9/h4-5,7-8,13H,1-3,6H2. The van der Waals surface area contributed by atoms with Crippen LogP contribution in [0.2, 0.25) is 0 Å². The summed E-state index contributed by atoms with van der Waals surface area (Å²) < 4.78 is 5.17. The molecule has 3 heterocycles. The average molecular weight is 231 g/mol. The zero-order chi connectivity index (χ0) is 11.5. The molecule has 6 heteroatoms. The van der Waals surface area contributed by atoms with Crippen LogP contribution < -0.4 is 5.32 Å². The summed E-state index contributed by atoms with van der Waals surface area (Å²) >= 11 is 0. The lowest BCUT2D eigenvalue weighted by Gasteiger charge is -2.04.